The van der Waals surface area contributed by atoms with Gasteiger partial charge in [-0.25, -0.2) is 0 Å². The fraction of sp³-hybridized carbons (Fsp3) is 0.286. The van der Waals surface area contributed by atoms with E-state index in [9.17, 15) is 9.90 Å². The average Bonchev–Trinajstić information content (AvgIpc) is 2.93. The molecule has 4 nitrogen and oxygen atoms in total. The second-order valence-corrected chi connectivity index (χ2v) is 4.60. The Morgan fingerprint density at radius 2 is 2.11 bits per heavy atom. The van der Waals surface area contributed by atoms with Crippen LogP contribution in [0.2, 0.25) is 5.02 Å². The van der Waals surface area contributed by atoms with Crippen molar-refractivity contribution in [2.24, 2.45) is 4.99 Å². The maximum Gasteiger partial charge on any atom is 0.170 e. The van der Waals surface area contributed by atoms with E-state index in [-0.39, 0.29) is 17.1 Å². The number of ketones is 1. The van der Waals surface area contributed by atoms with Crippen LogP contribution in [0.25, 0.3) is 5.76 Å². The number of carbonyl (C=O) groups excluding carboxylic acids is 1. The van der Waals surface area contributed by atoms with Gasteiger partial charge in [0.05, 0.1) is 6.54 Å². The largest absolute Gasteiger partial charge is 0.506 e. The van der Waals surface area contributed by atoms with Crippen LogP contribution in [0.15, 0.2) is 34.8 Å². The van der Waals surface area contributed by atoms with Crippen molar-refractivity contribution in [1.29, 1.82) is 0 Å². The van der Waals surface area contributed by atoms with E-state index in [0.717, 1.165) is 0 Å². The minimum absolute atomic E-state index is 0.0586. The van der Waals surface area contributed by atoms with E-state index in [0.29, 0.717) is 35.9 Å². The zero-order valence-corrected chi connectivity index (χ0v) is 11.4. The van der Waals surface area contributed by atoms with Crippen LogP contribution in [-0.2, 0) is 4.79 Å². The fourth-order valence-electron chi connectivity index (χ4n) is 1.87. The second kappa shape index (κ2) is 5.89. The van der Waals surface area contributed by atoms with Crippen molar-refractivity contribution in [2.45, 2.75) is 13.3 Å². The topological polar surface area (TPSA) is 61.7 Å². The number of aliphatic imine (C=N–C) groups is 1. The lowest BCUT2D eigenvalue weighted by molar-refractivity contribution is -0.114. The average molecular weight is 279 g/mol. The number of aliphatic hydroxyl groups excluding tert-OH is 1. The molecular weight excluding hydrogens is 264 g/mol. The van der Waals surface area contributed by atoms with Crippen LogP contribution >= 0.6 is 11.6 Å². The molecular formula is C14H15ClN2O2. The minimum Gasteiger partial charge on any atom is -0.506 e. The number of amidine groups is 1. The van der Waals surface area contributed by atoms with Crippen molar-refractivity contribution < 1.29 is 9.90 Å². The zero-order valence-electron chi connectivity index (χ0n) is 10.6. The number of aliphatic hydroxyl groups is 1. The molecule has 5 heteroatoms. The molecule has 1 aromatic rings. The van der Waals surface area contributed by atoms with E-state index < -0.39 is 0 Å². The van der Waals surface area contributed by atoms with E-state index in [4.69, 9.17) is 11.6 Å². The molecule has 1 heterocycles. The summed E-state index contributed by atoms with van der Waals surface area (Å²) in [6.07, 6.45) is 0.313. The van der Waals surface area contributed by atoms with Crippen LogP contribution in [0.1, 0.15) is 18.9 Å². The SMILES string of the molecule is CCC(=O)/C(C1=NCCN1)=C(/O)c1ccc(Cl)cc1. The van der Waals surface area contributed by atoms with E-state index in [1.807, 2.05) is 0 Å². The van der Waals surface area contributed by atoms with Crippen LogP contribution in [-0.4, -0.2) is 29.8 Å². The van der Waals surface area contributed by atoms with Gasteiger partial charge in [0.1, 0.15) is 17.2 Å². The highest BCUT2D eigenvalue weighted by molar-refractivity contribution is 6.30. The summed E-state index contributed by atoms with van der Waals surface area (Å²) in [5.41, 5.74) is 0.805. The van der Waals surface area contributed by atoms with Crippen LogP contribution in [0, 0.1) is 0 Å². The first-order valence-corrected chi connectivity index (χ1v) is 6.52. The number of hydrogen-bond donors (Lipinski definition) is 2. The van der Waals surface area contributed by atoms with E-state index in [1.54, 1.807) is 31.2 Å². The number of carbonyl (C=O) groups is 1. The van der Waals surface area contributed by atoms with Gasteiger partial charge in [-0.2, -0.15) is 0 Å². The van der Waals surface area contributed by atoms with Crippen molar-refractivity contribution in [3.05, 3.63) is 40.4 Å². The minimum atomic E-state index is -0.138. The predicted molar refractivity (Wildman–Crippen MR) is 76.6 cm³/mol. The molecule has 0 unspecified atom stereocenters. The molecule has 100 valence electrons. The summed E-state index contributed by atoms with van der Waals surface area (Å²) < 4.78 is 0. The van der Waals surface area contributed by atoms with Gasteiger partial charge in [-0.05, 0) is 24.3 Å². The van der Waals surface area contributed by atoms with Crippen molar-refractivity contribution in [3.8, 4) is 0 Å². The third-order valence-electron chi connectivity index (χ3n) is 2.87. The first-order chi connectivity index (χ1) is 9.13. The molecule has 0 fully saturated rings. The zero-order chi connectivity index (χ0) is 13.8. The standard InChI is InChI=1S/C14H15ClN2O2/c1-2-11(18)12(14-16-7-8-17-14)13(19)9-3-5-10(15)6-4-9/h3-6,19H,2,7-8H2,1H3,(H,16,17)/b13-12-. The lowest BCUT2D eigenvalue weighted by Gasteiger charge is -2.10. The van der Waals surface area contributed by atoms with Crippen molar-refractivity contribution >= 4 is 29.0 Å². The van der Waals surface area contributed by atoms with Gasteiger partial charge in [0, 0.05) is 23.6 Å². The smallest absolute Gasteiger partial charge is 0.170 e. The van der Waals surface area contributed by atoms with Gasteiger partial charge in [-0.15, -0.1) is 0 Å². The molecule has 0 aromatic heterocycles. The maximum atomic E-state index is 12.0. The van der Waals surface area contributed by atoms with Crippen LogP contribution in [0.4, 0.5) is 0 Å². The predicted octanol–water partition coefficient (Wildman–Crippen LogP) is 2.59. The van der Waals surface area contributed by atoms with Gasteiger partial charge >= 0.3 is 0 Å². The van der Waals surface area contributed by atoms with E-state index in [2.05, 4.69) is 10.3 Å². The number of benzene rings is 1. The Morgan fingerprint density at radius 1 is 1.42 bits per heavy atom. The Morgan fingerprint density at radius 3 is 2.63 bits per heavy atom. The highest BCUT2D eigenvalue weighted by atomic mass is 35.5. The fourth-order valence-corrected chi connectivity index (χ4v) is 2.00. The first kappa shape index (κ1) is 13.6. The molecule has 0 saturated heterocycles. The second-order valence-electron chi connectivity index (χ2n) is 4.16. The van der Waals surface area contributed by atoms with Crippen molar-refractivity contribution in [1.82, 2.24) is 5.32 Å². The lowest BCUT2D eigenvalue weighted by Crippen LogP contribution is -2.25. The van der Waals surface area contributed by atoms with Gasteiger partial charge in [0.2, 0.25) is 0 Å². The molecule has 2 rings (SSSR count). The molecule has 0 atom stereocenters. The molecule has 1 aromatic carbocycles. The summed E-state index contributed by atoms with van der Waals surface area (Å²) >= 11 is 5.81. The quantitative estimate of drug-likeness (QED) is 0.657. The Hall–Kier alpha value is -1.81. The molecule has 2 N–H and O–H groups in total. The highest BCUT2D eigenvalue weighted by Gasteiger charge is 2.22. The van der Waals surface area contributed by atoms with Gasteiger partial charge in [-0.3, -0.25) is 9.79 Å². The number of nitrogens with zero attached hydrogens (tertiary/aromatic N) is 1. The van der Waals surface area contributed by atoms with Gasteiger partial charge in [0.15, 0.2) is 5.78 Å². The molecule has 0 radical (unpaired) electrons. The number of Topliss-reactive ketones (excluding diaryl/α,β-unsaturated/α-hetero) is 1. The number of halogens is 1. The number of rotatable bonds is 4. The molecule has 1 aliphatic heterocycles. The highest BCUT2D eigenvalue weighted by Crippen LogP contribution is 2.21. The van der Waals surface area contributed by atoms with E-state index in [1.165, 1.54) is 0 Å². The van der Waals surface area contributed by atoms with Gasteiger partial charge in [0.25, 0.3) is 0 Å². The van der Waals surface area contributed by atoms with Gasteiger partial charge in [-0.1, -0.05) is 18.5 Å². The van der Waals surface area contributed by atoms with Crippen LogP contribution in [0.5, 0.6) is 0 Å². The summed E-state index contributed by atoms with van der Waals surface area (Å²) in [4.78, 5) is 16.2. The third-order valence-corrected chi connectivity index (χ3v) is 3.12. The molecule has 0 spiro atoms. The Kier molecular flexibility index (Phi) is 4.22. The number of nitrogens with one attached hydrogen (secondary N) is 1. The summed E-state index contributed by atoms with van der Waals surface area (Å²) in [5.74, 6) is 0.275. The monoisotopic (exact) mass is 278 g/mol. The summed E-state index contributed by atoms with van der Waals surface area (Å²) in [6.45, 7) is 3.06. The summed E-state index contributed by atoms with van der Waals surface area (Å²) in [7, 11) is 0. The van der Waals surface area contributed by atoms with Gasteiger partial charge < -0.3 is 10.4 Å². The Labute approximate surface area is 116 Å². The molecule has 0 amide bonds. The molecule has 1 aliphatic rings. The molecule has 0 bridgehead atoms. The third kappa shape index (κ3) is 2.96. The summed E-state index contributed by atoms with van der Waals surface area (Å²) in [6, 6.07) is 6.70. The molecule has 19 heavy (non-hydrogen) atoms. The van der Waals surface area contributed by atoms with Crippen molar-refractivity contribution in [3.63, 3.8) is 0 Å². The summed E-state index contributed by atoms with van der Waals surface area (Å²) in [5, 5.41) is 13.9. The number of hydrogen-bond acceptors (Lipinski definition) is 4. The Bertz CT molecular complexity index is 547. The van der Waals surface area contributed by atoms with Crippen LogP contribution in [0.3, 0.4) is 0 Å². The van der Waals surface area contributed by atoms with Crippen LogP contribution < -0.4 is 5.32 Å². The molecule has 0 saturated carbocycles. The van der Waals surface area contributed by atoms with E-state index >= 15 is 0 Å². The maximum absolute atomic E-state index is 12.0. The first-order valence-electron chi connectivity index (χ1n) is 6.14. The Balaban J connectivity index is 2.47. The normalized spacial score (nSPS) is 15.6. The van der Waals surface area contributed by atoms with Crippen molar-refractivity contribution in [2.75, 3.05) is 13.1 Å². The molecule has 0 aliphatic carbocycles. The lowest BCUT2D eigenvalue weighted by atomic mass is 10.0.